The molecule has 0 unspecified atom stereocenters. The number of β-amino-alcohol motifs (C(OH)–C–C–N with tert-alkyl or cyclic N) is 1. The molecule has 0 amide bonds. The number of rotatable bonds is 5. The van der Waals surface area contributed by atoms with Crippen molar-refractivity contribution in [3.8, 4) is 0 Å². The minimum atomic E-state index is -0.274. The fourth-order valence-electron chi connectivity index (χ4n) is 3.35. The van der Waals surface area contributed by atoms with Crippen LogP contribution in [0.5, 0.6) is 0 Å². The molecule has 2 N–H and O–H groups in total. The fraction of sp³-hybridized carbons (Fsp3) is 0.667. The van der Waals surface area contributed by atoms with Gasteiger partial charge in [-0.3, -0.25) is 0 Å². The Bertz CT molecular complexity index is 442. The largest absolute Gasteiger partial charge is 0.391 e. The van der Waals surface area contributed by atoms with E-state index in [1.54, 1.807) is 0 Å². The van der Waals surface area contributed by atoms with Crippen LogP contribution < -0.4 is 5.32 Å². The number of nitrogens with one attached hydrogen (secondary N) is 1. The minimum absolute atomic E-state index is 0.262. The molecule has 2 aliphatic rings. The zero-order chi connectivity index (χ0) is 15.2. The van der Waals surface area contributed by atoms with Crippen molar-refractivity contribution in [1.29, 1.82) is 0 Å². The van der Waals surface area contributed by atoms with Crippen LogP contribution in [0.15, 0.2) is 24.3 Å². The van der Waals surface area contributed by atoms with Crippen molar-refractivity contribution in [2.24, 2.45) is 5.92 Å². The molecule has 2 atom stereocenters. The maximum Gasteiger partial charge on any atom is 0.0733 e. The van der Waals surface area contributed by atoms with Crippen molar-refractivity contribution in [2.75, 3.05) is 32.9 Å². The van der Waals surface area contributed by atoms with Crippen molar-refractivity contribution >= 4 is 0 Å². The van der Waals surface area contributed by atoms with Crippen LogP contribution in [0, 0.1) is 5.92 Å². The number of aliphatic hydroxyl groups is 1. The van der Waals surface area contributed by atoms with Gasteiger partial charge in [-0.2, -0.15) is 0 Å². The van der Waals surface area contributed by atoms with E-state index in [2.05, 4.69) is 29.6 Å². The lowest BCUT2D eigenvalue weighted by Gasteiger charge is -2.28. The third kappa shape index (κ3) is 4.29. The first-order valence-corrected chi connectivity index (χ1v) is 8.46. The van der Waals surface area contributed by atoms with Gasteiger partial charge in [0.25, 0.3) is 0 Å². The molecule has 2 fully saturated rings. The van der Waals surface area contributed by atoms with Gasteiger partial charge >= 0.3 is 0 Å². The lowest BCUT2D eigenvalue weighted by molar-refractivity contribution is 0.0157. The Labute approximate surface area is 132 Å². The topological polar surface area (TPSA) is 50.7 Å². The fourth-order valence-corrected chi connectivity index (χ4v) is 3.35. The van der Waals surface area contributed by atoms with Crippen LogP contribution in [0.3, 0.4) is 0 Å². The first-order valence-electron chi connectivity index (χ1n) is 8.46. The summed E-state index contributed by atoms with van der Waals surface area (Å²) in [5.74, 6) is 0.913. The van der Waals surface area contributed by atoms with Crippen LogP contribution in [-0.2, 0) is 16.1 Å². The molecule has 0 saturated carbocycles. The molecule has 0 aliphatic carbocycles. The van der Waals surface area contributed by atoms with Gasteiger partial charge in [-0.25, -0.2) is 0 Å². The SMILES string of the molecule is O[C@@H]1CNCC[C@H]1c1ccc(COCC2CCOCC2)cc1. The van der Waals surface area contributed by atoms with Gasteiger partial charge in [-0.1, -0.05) is 24.3 Å². The van der Waals surface area contributed by atoms with Crippen molar-refractivity contribution in [3.05, 3.63) is 35.4 Å². The smallest absolute Gasteiger partial charge is 0.0733 e. The summed E-state index contributed by atoms with van der Waals surface area (Å²) in [4.78, 5) is 0. The molecule has 0 bridgehead atoms. The maximum atomic E-state index is 10.1. The summed E-state index contributed by atoms with van der Waals surface area (Å²) in [5, 5.41) is 13.3. The first kappa shape index (κ1) is 15.9. The van der Waals surface area contributed by atoms with Crippen LogP contribution in [0.4, 0.5) is 0 Å². The zero-order valence-corrected chi connectivity index (χ0v) is 13.2. The summed E-state index contributed by atoms with van der Waals surface area (Å²) in [6.07, 6.45) is 2.96. The molecule has 1 aromatic carbocycles. The highest BCUT2D eigenvalue weighted by Gasteiger charge is 2.24. The monoisotopic (exact) mass is 305 g/mol. The molecule has 2 heterocycles. The highest BCUT2D eigenvalue weighted by molar-refractivity contribution is 5.26. The first-order chi connectivity index (χ1) is 10.8. The van der Waals surface area contributed by atoms with Gasteiger partial charge < -0.3 is 19.9 Å². The molecule has 0 spiro atoms. The van der Waals surface area contributed by atoms with Crippen LogP contribution in [-0.4, -0.2) is 44.1 Å². The second-order valence-electron chi connectivity index (χ2n) is 6.48. The highest BCUT2D eigenvalue weighted by Crippen LogP contribution is 2.26. The third-order valence-electron chi connectivity index (χ3n) is 4.82. The average molecular weight is 305 g/mol. The van der Waals surface area contributed by atoms with E-state index in [0.717, 1.165) is 45.6 Å². The van der Waals surface area contributed by atoms with Gasteiger partial charge in [-0.05, 0) is 42.9 Å². The van der Waals surface area contributed by atoms with Gasteiger partial charge in [0.05, 0.1) is 19.3 Å². The number of ether oxygens (including phenoxy) is 2. The van der Waals surface area contributed by atoms with Gasteiger partial charge in [0, 0.05) is 25.7 Å². The summed E-state index contributed by atoms with van der Waals surface area (Å²) in [7, 11) is 0. The van der Waals surface area contributed by atoms with Gasteiger partial charge in [0.15, 0.2) is 0 Å². The molecule has 4 heteroatoms. The van der Waals surface area contributed by atoms with E-state index in [-0.39, 0.29) is 12.0 Å². The van der Waals surface area contributed by atoms with E-state index < -0.39 is 0 Å². The van der Waals surface area contributed by atoms with E-state index in [4.69, 9.17) is 9.47 Å². The lowest BCUT2D eigenvalue weighted by Crippen LogP contribution is -2.39. The highest BCUT2D eigenvalue weighted by atomic mass is 16.5. The van der Waals surface area contributed by atoms with E-state index in [1.165, 1.54) is 11.1 Å². The second kappa shape index (κ2) is 8.06. The van der Waals surface area contributed by atoms with Gasteiger partial charge in [0.2, 0.25) is 0 Å². The Balaban J connectivity index is 1.46. The predicted octanol–water partition coefficient (Wildman–Crippen LogP) is 2.07. The van der Waals surface area contributed by atoms with Crippen molar-refractivity contribution in [3.63, 3.8) is 0 Å². The number of hydrogen-bond donors (Lipinski definition) is 2. The second-order valence-corrected chi connectivity index (χ2v) is 6.48. The zero-order valence-electron chi connectivity index (χ0n) is 13.2. The Morgan fingerprint density at radius 2 is 1.91 bits per heavy atom. The Morgan fingerprint density at radius 3 is 2.64 bits per heavy atom. The average Bonchev–Trinajstić information content (AvgIpc) is 2.57. The van der Waals surface area contributed by atoms with Gasteiger partial charge in [-0.15, -0.1) is 0 Å². The Morgan fingerprint density at radius 1 is 1.14 bits per heavy atom. The maximum absolute atomic E-state index is 10.1. The summed E-state index contributed by atoms with van der Waals surface area (Å²) in [6.45, 7) is 4.94. The van der Waals surface area contributed by atoms with Crippen LogP contribution in [0.25, 0.3) is 0 Å². The molecular formula is C18H27NO3. The quantitative estimate of drug-likeness (QED) is 0.874. The van der Waals surface area contributed by atoms with Crippen molar-refractivity contribution < 1.29 is 14.6 Å². The molecule has 22 heavy (non-hydrogen) atoms. The summed E-state index contributed by atoms with van der Waals surface area (Å²) < 4.78 is 11.2. The molecule has 2 saturated heterocycles. The molecule has 1 aromatic rings. The molecule has 0 radical (unpaired) electrons. The van der Waals surface area contributed by atoms with E-state index in [9.17, 15) is 5.11 Å². The molecule has 4 nitrogen and oxygen atoms in total. The molecule has 122 valence electrons. The number of benzene rings is 1. The number of aliphatic hydroxyl groups excluding tert-OH is 1. The standard InChI is InChI=1S/C18H27NO3/c20-18-11-19-8-5-17(18)16-3-1-14(2-4-16)12-22-13-15-6-9-21-10-7-15/h1-4,15,17-20H,5-13H2/t17-,18+/m0/s1. The number of piperidine rings is 1. The molecule has 3 rings (SSSR count). The summed E-state index contributed by atoms with van der Waals surface area (Å²) in [5.41, 5.74) is 2.45. The Hall–Kier alpha value is -0.940. The normalized spacial score (nSPS) is 27.0. The summed E-state index contributed by atoms with van der Waals surface area (Å²) in [6, 6.07) is 8.56. The summed E-state index contributed by atoms with van der Waals surface area (Å²) >= 11 is 0. The predicted molar refractivity (Wildman–Crippen MR) is 85.9 cm³/mol. The molecule has 2 aliphatic heterocycles. The number of hydrogen-bond acceptors (Lipinski definition) is 4. The lowest BCUT2D eigenvalue weighted by atomic mass is 9.87. The van der Waals surface area contributed by atoms with Gasteiger partial charge in [0.1, 0.15) is 0 Å². The third-order valence-corrected chi connectivity index (χ3v) is 4.82. The molecular weight excluding hydrogens is 278 g/mol. The van der Waals surface area contributed by atoms with E-state index in [0.29, 0.717) is 19.1 Å². The van der Waals surface area contributed by atoms with Crippen molar-refractivity contribution in [2.45, 2.75) is 37.9 Å². The van der Waals surface area contributed by atoms with Crippen molar-refractivity contribution in [1.82, 2.24) is 5.32 Å². The van der Waals surface area contributed by atoms with E-state index in [1.807, 2.05) is 0 Å². The minimum Gasteiger partial charge on any atom is -0.391 e. The van der Waals surface area contributed by atoms with Crippen LogP contribution in [0.2, 0.25) is 0 Å². The molecule has 0 aromatic heterocycles. The van der Waals surface area contributed by atoms with E-state index >= 15 is 0 Å². The van der Waals surface area contributed by atoms with Crippen LogP contribution in [0.1, 0.15) is 36.3 Å². The Kier molecular flexibility index (Phi) is 5.84. The van der Waals surface area contributed by atoms with Crippen LogP contribution >= 0.6 is 0 Å².